The van der Waals surface area contributed by atoms with Gasteiger partial charge in [0.2, 0.25) is 0 Å². The Morgan fingerprint density at radius 1 is 1.33 bits per heavy atom. The zero-order valence-electron chi connectivity index (χ0n) is 11.0. The highest BCUT2D eigenvalue weighted by Gasteiger charge is 2.34. The van der Waals surface area contributed by atoms with Crippen LogP contribution in [0.25, 0.3) is 0 Å². The summed E-state index contributed by atoms with van der Waals surface area (Å²) in [6.07, 6.45) is 1.06. The number of aliphatic carboxylic acids is 1. The molecule has 98 valence electrons. The number of likely N-dealkylation sites (tertiary alicyclic amines) is 1. The molecule has 1 fully saturated rings. The molecule has 3 heteroatoms. The Kier molecular flexibility index (Phi) is 4.02. The third kappa shape index (κ3) is 2.72. The van der Waals surface area contributed by atoms with Gasteiger partial charge >= 0.3 is 5.97 Å². The van der Waals surface area contributed by atoms with Crippen molar-refractivity contribution in [3.63, 3.8) is 0 Å². The van der Waals surface area contributed by atoms with Crippen molar-refractivity contribution in [3.05, 3.63) is 35.9 Å². The predicted molar refractivity (Wildman–Crippen MR) is 71.6 cm³/mol. The quantitative estimate of drug-likeness (QED) is 0.889. The summed E-state index contributed by atoms with van der Waals surface area (Å²) in [5.41, 5.74) is 1.33. The van der Waals surface area contributed by atoms with E-state index in [1.807, 2.05) is 19.9 Å². The second-order valence-electron chi connectivity index (χ2n) is 5.42. The van der Waals surface area contributed by atoms with E-state index in [-0.39, 0.29) is 12.0 Å². The van der Waals surface area contributed by atoms with Crippen molar-refractivity contribution in [1.29, 1.82) is 0 Å². The minimum absolute atomic E-state index is 0.150. The second-order valence-corrected chi connectivity index (χ2v) is 5.42. The Hall–Kier alpha value is -1.35. The summed E-state index contributed by atoms with van der Waals surface area (Å²) in [7, 11) is 0. The summed E-state index contributed by atoms with van der Waals surface area (Å²) in [5.74, 6) is -0.0671. The van der Waals surface area contributed by atoms with Crippen LogP contribution in [0.15, 0.2) is 30.3 Å². The monoisotopic (exact) mass is 247 g/mol. The fraction of sp³-hybridized carbons (Fsp3) is 0.533. The van der Waals surface area contributed by atoms with Gasteiger partial charge in [0, 0.05) is 6.54 Å². The molecule has 0 spiro atoms. The molecule has 18 heavy (non-hydrogen) atoms. The summed E-state index contributed by atoms with van der Waals surface area (Å²) in [6.45, 7) is 5.71. The van der Waals surface area contributed by atoms with Crippen molar-refractivity contribution in [2.45, 2.75) is 32.2 Å². The molecule has 0 saturated carbocycles. The van der Waals surface area contributed by atoms with E-state index in [4.69, 9.17) is 0 Å². The van der Waals surface area contributed by atoms with Crippen LogP contribution in [0.3, 0.4) is 0 Å². The van der Waals surface area contributed by atoms with Gasteiger partial charge < -0.3 is 5.11 Å². The fourth-order valence-electron chi connectivity index (χ4n) is 2.90. The number of benzene rings is 1. The van der Waals surface area contributed by atoms with Gasteiger partial charge in [0.15, 0.2) is 0 Å². The highest BCUT2D eigenvalue weighted by Crippen LogP contribution is 2.29. The Morgan fingerprint density at radius 3 is 2.56 bits per heavy atom. The highest BCUT2D eigenvalue weighted by atomic mass is 16.4. The van der Waals surface area contributed by atoms with E-state index in [0.29, 0.717) is 5.92 Å². The van der Waals surface area contributed by atoms with Crippen LogP contribution < -0.4 is 0 Å². The number of hydrogen-bond donors (Lipinski definition) is 1. The predicted octanol–water partition coefficient (Wildman–Crippen LogP) is 2.59. The molecule has 3 nitrogen and oxygen atoms in total. The van der Waals surface area contributed by atoms with Gasteiger partial charge in [-0.05, 0) is 30.4 Å². The number of nitrogens with zero attached hydrogens (tertiary/aromatic N) is 1. The van der Waals surface area contributed by atoms with E-state index in [1.165, 1.54) is 5.56 Å². The molecule has 2 atom stereocenters. The molecule has 1 saturated heterocycles. The molecular weight excluding hydrogens is 226 g/mol. The maximum atomic E-state index is 11.3. The van der Waals surface area contributed by atoms with E-state index in [2.05, 4.69) is 29.2 Å². The molecule has 0 radical (unpaired) electrons. The highest BCUT2D eigenvalue weighted by molar-refractivity contribution is 5.73. The van der Waals surface area contributed by atoms with Crippen LogP contribution in [0.1, 0.15) is 31.7 Å². The lowest BCUT2D eigenvalue weighted by Gasteiger charge is -2.27. The van der Waals surface area contributed by atoms with Crippen LogP contribution in [0, 0.1) is 5.92 Å². The van der Waals surface area contributed by atoms with Gasteiger partial charge in [-0.3, -0.25) is 9.69 Å². The third-order valence-corrected chi connectivity index (χ3v) is 3.77. The SMILES string of the molecule is CC(C)[C@H](C(=O)O)N1CC[C@@H](c2ccccc2)C1. The van der Waals surface area contributed by atoms with Crippen LogP contribution in [-0.2, 0) is 4.79 Å². The second kappa shape index (κ2) is 5.53. The molecule has 1 aliphatic heterocycles. The summed E-state index contributed by atoms with van der Waals surface area (Å²) < 4.78 is 0. The smallest absolute Gasteiger partial charge is 0.321 e. The molecule has 0 aliphatic carbocycles. The number of rotatable bonds is 4. The average Bonchev–Trinajstić information content (AvgIpc) is 2.78. The molecule has 1 aromatic rings. The maximum absolute atomic E-state index is 11.3. The first-order valence-electron chi connectivity index (χ1n) is 6.61. The first-order valence-corrected chi connectivity index (χ1v) is 6.61. The number of carboxylic acids is 1. The van der Waals surface area contributed by atoms with Crippen LogP contribution in [0.5, 0.6) is 0 Å². The van der Waals surface area contributed by atoms with Gasteiger partial charge in [-0.25, -0.2) is 0 Å². The molecule has 1 N–H and O–H groups in total. The molecule has 1 heterocycles. The van der Waals surface area contributed by atoms with Crippen molar-refractivity contribution in [1.82, 2.24) is 4.90 Å². The van der Waals surface area contributed by atoms with E-state index in [9.17, 15) is 9.90 Å². The molecule has 1 aromatic carbocycles. The fourth-order valence-corrected chi connectivity index (χ4v) is 2.90. The van der Waals surface area contributed by atoms with Crippen molar-refractivity contribution in [3.8, 4) is 0 Å². The molecule has 1 aliphatic rings. The molecule has 2 rings (SSSR count). The van der Waals surface area contributed by atoms with E-state index >= 15 is 0 Å². The van der Waals surface area contributed by atoms with Crippen molar-refractivity contribution in [2.24, 2.45) is 5.92 Å². The Labute approximate surface area is 108 Å². The van der Waals surface area contributed by atoms with Gasteiger partial charge in [0.25, 0.3) is 0 Å². The summed E-state index contributed by atoms with van der Waals surface area (Å²) in [6, 6.07) is 10.0. The standard InChI is InChI=1S/C15H21NO2/c1-11(2)14(15(17)18)16-9-8-13(10-16)12-6-4-3-5-7-12/h3-7,11,13-14H,8-10H2,1-2H3,(H,17,18)/t13-,14-/m1/s1. The Balaban J connectivity index is 2.06. The summed E-state index contributed by atoms with van der Waals surface area (Å²) in [4.78, 5) is 13.4. The number of hydrogen-bond acceptors (Lipinski definition) is 2. The lowest BCUT2D eigenvalue weighted by molar-refractivity contribution is -0.144. The molecular formula is C15H21NO2. The van der Waals surface area contributed by atoms with Crippen LogP contribution >= 0.6 is 0 Å². The summed E-state index contributed by atoms with van der Waals surface area (Å²) in [5, 5.41) is 9.32. The van der Waals surface area contributed by atoms with Gasteiger partial charge in [0.05, 0.1) is 0 Å². The first kappa shape index (κ1) is 13.1. The molecule has 0 unspecified atom stereocenters. The van der Waals surface area contributed by atoms with Crippen molar-refractivity contribution >= 4 is 5.97 Å². The van der Waals surface area contributed by atoms with E-state index in [0.717, 1.165) is 19.5 Å². The van der Waals surface area contributed by atoms with Crippen LogP contribution in [-0.4, -0.2) is 35.1 Å². The van der Waals surface area contributed by atoms with Crippen molar-refractivity contribution < 1.29 is 9.90 Å². The minimum atomic E-state index is -0.696. The van der Waals surface area contributed by atoms with E-state index < -0.39 is 5.97 Å². The number of carboxylic acid groups (broad SMARTS) is 1. The maximum Gasteiger partial charge on any atom is 0.321 e. The number of carbonyl (C=O) groups is 1. The summed E-state index contributed by atoms with van der Waals surface area (Å²) >= 11 is 0. The first-order chi connectivity index (χ1) is 8.59. The topological polar surface area (TPSA) is 40.5 Å². The Morgan fingerprint density at radius 2 is 2.00 bits per heavy atom. The van der Waals surface area contributed by atoms with Gasteiger partial charge in [-0.15, -0.1) is 0 Å². The van der Waals surface area contributed by atoms with Crippen molar-refractivity contribution in [2.75, 3.05) is 13.1 Å². The lowest BCUT2D eigenvalue weighted by Crippen LogP contribution is -2.43. The average molecular weight is 247 g/mol. The Bertz CT molecular complexity index is 402. The lowest BCUT2D eigenvalue weighted by atomic mass is 9.98. The normalized spacial score (nSPS) is 22.3. The third-order valence-electron chi connectivity index (χ3n) is 3.77. The molecule has 0 bridgehead atoms. The molecule has 0 aromatic heterocycles. The van der Waals surface area contributed by atoms with Gasteiger partial charge in [-0.2, -0.15) is 0 Å². The zero-order valence-corrected chi connectivity index (χ0v) is 11.0. The van der Waals surface area contributed by atoms with Crippen LogP contribution in [0.2, 0.25) is 0 Å². The van der Waals surface area contributed by atoms with Gasteiger partial charge in [-0.1, -0.05) is 44.2 Å². The largest absolute Gasteiger partial charge is 0.480 e. The molecule has 0 amide bonds. The minimum Gasteiger partial charge on any atom is -0.480 e. The van der Waals surface area contributed by atoms with Crippen LogP contribution in [0.4, 0.5) is 0 Å². The zero-order chi connectivity index (χ0) is 13.1. The van der Waals surface area contributed by atoms with Gasteiger partial charge in [0.1, 0.15) is 6.04 Å². The van der Waals surface area contributed by atoms with E-state index in [1.54, 1.807) is 0 Å².